The monoisotopic (exact) mass is 319 g/mol. The molecule has 122 valence electrons. The fourth-order valence-electron chi connectivity index (χ4n) is 3.41. The maximum atomic E-state index is 14.6. The Labute approximate surface area is 134 Å². The molecule has 23 heavy (non-hydrogen) atoms. The summed E-state index contributed by atoms with van der Waals surface area (Å²) in [6, 6.07) is 3.78. The van der Waals surface area contributed by atoms with Gasteiger partial charge >= 0.3 is 0 Å². The lowest BCUT2D eigenvalue weighted by Crippen LogP contribution is -2.46. The van der Waals surface area contributed by atoms with Gasteiger partial charge in [0.25, 0.3) is 0 Å². The summed E-state index contributed by atoms with van der Waals surface area (Å²) >= 11 is 0. The molecule has 2 saturated heterocycles. The molecule has 1 aromatic rings. The fraction of sp³-hybridized carbons (Fsp3) is 0.529. The SMILES string of the molecule is [C-]#[N+]c1cc(F)cc([C@@H]2CCN3C[C@@](C)(C(C)(C)F)C(=O)N23)c1. The smallest absolute Gasteiger partial charge is 0.247 e. The van der Waals surface area contributed by atoms with Crippen molar-refractivity contribution in [1.82, 2.24) is 10.0 Å². The van der Waals surface area contributed by atoms with Gasteiger partial charge in [-0.1, -0.05) is 6.07 Å². The number of rotatable bonds is 2. The van der Waals surface area contributed by atoms with Gasteiger partial charge in [0.15, 0.2) is 5.69 Å². The van der Waals surface area contributed by atoms with Crippen LogP contribution in [-0.4, -0.2) is 34.7 Å². The Hall–Kier alpha value is -2.00. The molecule has 0 spiro atoms. The predicted octanol–water partition coefficient (Wildman–Crippen LogP) is 3.63. The lowest BCUT2D eigenvalue weighted by Gasteiger charge is -2.33. The standard InChI is InChI=1S/C17H19F2N3O/c1-16(2,19)17(3)10-21-6-5-14(22(21)15(17)23)11-7-12(18)9-13(8-11)20-4/h7-9,14H,5-6,10H2,1-3H3/t14-,17+/m0/s1. The minimum absolute atomic E-state index is 0.207. The van der Waals surface area contributed by atoms with Crippen LogP contribution in [0.5, 0.6) is 0 Å². The van der Waals surface area contributed by atoms with Crippen molar-refractivity contribution in [2.75, 3.05) is 13.1 Å². The second-order valence-corrected chi connectivity index (χ2v) is 7.00. The Balaban J connectivity index is 1.98. The van der Waals surface area contributed by atoms with E-state index >= 15 is 0 Å². The molecule has 2 heterocycles. The first-order chi connectivity index (χ1) is 10.7. The highest BCUT2D eigenvalue weighted by atomic mass is 19.1. The highest BCUT2D eigenvalue weighted by Crippen LogP contribution is 2.48. The van der Waals surface area contributed by atoms with Crippen molar-refractivity contribution < 1.29 is 13.6 Å². The molecule has 0 aliphatic carbocycles. The van der Waals surface area contributed by atoms with E-state index in [9.17, 15) is 13.6 Å². The van der Waals surface area contributed by atoms with Crippen LogP contribution in [0.4, 0.5) is 14.5 Å². The highest BCUT2D eigenvalue weighted by Gasteiger charge is 2.59. The van der Waals surface area contributed by atoms with Gasteiger partial charge in [0.2, 0.25) is 5.91 Å². The number of hydrogen-bond donors (Lipinski definition) is 0. The number of halogens is 2. The molecule has 2 aliphatic rings. The number of fused-ring (bicyclic) bond motifs is 1. The van der Waals surface area contributed by atoms with E-state index in [0.717, 1.165) is 0 Å². The molecule has 3 rings (SSSR count). The van der Waals surface area contributed by atoms with E-state index in [0.29, 0.717) is 25.1 Å². The third-order valence-electron chi connectivity index (χ3n) is 5.17. The molecule has 4 nitrogen and oxygen atoms in total. The Morgan fingerprint density at radius 2 is 2.09 bits per heavy atom. The molecular formula is C17H19F2N3O. The summed E-state index contributed by atoms with van der Waals surface area (Å²) in [4.78, 5) is 16.1. The molecule has 1 amide bonds. The molecule has 2 fully saturated rings. The number of nitrogens with zero attached hydrogens (tertiary/aromatic N) is 3. The van der Waals surface area contributed by atoms with Crippen LogP contribution >= 0.6 is 0 Å². The van der Waals surface area contributed by atoms with Crippen molar-refractivity contribution in [3.8, 4) is 0 Å². The molecule has 0 bridgehead atoms. The molecule has 6 heteroatoms. The molecule has 0 saturated carbocycles. The van der Waals surface area contributed by atoms with E-state index in [1.54, 1.807) is 18.0 Å². The van der Waals surface area contributed by atoms with E-state index in [1.165, 1.54) is 26.0 Å². The Bertz CT molecular complexity index is 707. The van der Waals surface area contributed by atoms with Gasteiger partial charge in [-0.15, -0.1) is 0 Å². The van der Waals surface area contributed by atoms with Gasteiger partial charge in [-0.25, -0.2) is 18.6 Å². The summed E-state index contributed by atoms with van der Waals surface area (Å²) in [5.74, 6) is -0.770. The lowest BCUT2D eigenvalue weighted by molar-refractivity contribution is -0.147. The van der Waals surface area contributed by atoms with Crippen molar-refractivity contribution in [2.24, 2.45) is 5.41 Å². The summed E-state index contributed by atoms with van der Waals surface area (Å²) in [5.41, 5.74) is -1.98. The molecule has 2 atom stereocenters. The number of carbonyl (C=O) groups excluding carboxylic acids is 1. The lowest BCUT2D eigenvalue weighted by atomic mass is 9.76. The molecular weight excluding hydrogens is 300 g/mol. The minimum Gasteiger partial charge on any atom is -0.273 e. The number of carbonyl (C=O) groups is 1. The quantitative estimate of drug-likeness (QED) is 0.779. The van der Waals surface area contributed by atoms with Crippen LogP contribution in [0.2, 0.25) is 0 Å². The van der Waals surface area contributed by atoms with Crippen molar-refractivity contribution in [2.45, 2.75) is 38.9 Å². The first kappa shape index (κ1) is 15.9. The van der Waals surface area contributed by atoms with Crippen LogP contribution in [-0.2, 0) is 4.79 Å². The Morgan fingerprint density at radius 1 is 1.39 bits per heavy atom. The van der Waals surface area contributed by atoms with Crippen LogP contribution < -0.4 is 0 Å². The number of amides is 1. The summed E-state index contributed by atoms with van der Waals surface area (Å²) < 4.78 is 28.3. The highest BCUT2D eigenvalue weighted by molar-refractivity contribution is 5.86. The normalized spacial score (nSPS) is 28.1. The zero-order valence-corrected chi connectivity index (χ0v) is 13.4. The van der Waals surface area contributed by atoms with E-state index in [1.807, 2.05) is 5.01 Å². The summed E-state index contributed by atoms with van der Waals surface area (Å²) in [6.07, 6.45) is 0.648. The predicted molar refractivity (Wildman–Crippen MR) is 81.7 cm³/mol. The van der Waals surface area contributed by atoms with E-state index < -0.39 is 16.9 Å². The topological polar surface area (TPSA) is 27.9 Å². The number of alkyl halides is 1. The van der Waals surface area contributed by atoms with Gasteiger partial charge < -0.3 is 0 Å². The van der Waals surface area contributed by atoms with Gasteiger partial charge in [-0.2, -0.15) is 0 Å². The number of hydrazine groups is 1. The first-order valence-corrected chi connectivity index (χ1v) is 7.63. The molecule has 1 aromatic carbocycles. The molecule has 0 N–H and O–H groups in total. The van der Waals surface area contributed by atoms with Gasteiger partial charge in [0, 0.05) is 13.1 Å². The summed E-state index contributed by atoms with van der Waals surface area (Å²) in [7, 11) is 0. The largest absolute Gasteiger partial charge is 0.273 e. The van der Waals surface area contributed by atoms with E-state index in [4.69, 9.17) is 6.57 Å². The fourth-order valence-corrected chi connectivity index (χ4v) is 3.41. The van der Waals surface area contributed by atoms with Crippen molar-refractivity contribution >= 4 is 11.6 Å². The number of benzene rings is 1. The van der Waals surface area contributed by atoms with Crippen LogP contribution in [0.25, 0.3) is 4.85 Å². The van der Waals surface area contributed by atoms with Gasteiger partial charge in [0.1, 0.15) is 11.5 Å². The van der Waals surface area contributed by atoms with Crippen molar-refractivity contribution in [1.29, 1.82) is 0 Å². The Morgan fingerprint density at radius 3 is 2.70 bits per heavy atom. The van der Waals surface area contributed by atoms with Crippen LogP contribution in [0.1, 0.15) is 38.8 Å². The second-order valence-electron chi connectivity index (χ2n) is 7.00. The maximum absolute atomic E-state index is 14.6. The summed E-state index contributed by atoms with van der Waals surface area (Å²) in [6.45, 7) is 12.5. The average Bonchev–Trinajstić information content (AvgIpc) is 2.97. The first-order valence-electron chi connectivity index (χ1n) is 7.63. The van der Waals surface area contributed by atoms with Gasteiger partial charge in [-0.3, -0.25) is 9.80 Å². The van der Waals surface area contributed by atoms with Crippen molar-refractivity contribution in [3.05, 3.63) is 41.0 Å². The van der Waals surface area contributed by atoms with Crippen LogP contribution in [0.3, 0.4) is 0 Å². The van der Waals surface area contributed by atoms with Gasteiger partial charge in [-0.05, 0) is 44.9 Å². The van der Waals surface area contributed by atoms with Crippen molar-refractivity contribution in [3.63, 3.8) is 0 Å². The molecule has 0 radical (unpaired) electrons. The Kier molecular flexibility index (Phi) is 3.45. The number of hydrogen-bond acceptors (Lipinski definition) is 2. The maximum Gasteiger partial charge on any atom is 0.247 e. The molecule has 2 aliphatic heterocycles. The zero-order chi connectivity index (χ0) is 17.0. The van der Waals surface area contributed by atoms with Crippen LogP contribution in [0, 0.1) is 17.8 Å². The zero-order valence-electron chi connectivity index (χ0n) is 13.4. The third-order valence-corrected chi connectivity index (χ3v) is 5.17. The van der Waals surface area contributed by atoms with Crippen LogP contribution in [0.15, 0.2) is 18.2 Å². The average molecular weight is 319 g/mol. The van der Waals surface area contributed by atoms with E-state index in [-0.39, 0.29) is 17.6 Å². The third kappa shape index (κ3) is 2.31. The summed E-state index contributed by atoms with van der Waals surface area (Å²) in [5, 5.41) is 3.40. The molecule has 0 unspecified atom stereocenters. The molecule has 0 aromatic heterocycles. The second kappa shape index (κ2) is 5.00. The minimum atomic E-state index is -1.65. The van der Waals surface area contributed by atoms with Gasteiger partial charge in [0.05, 0.1) is 18.0 Å². The van der Waals surface area contributed by atoms with E-state index in [2.05, 4.69) is 4.85 Å².